The van der Waals surface area contributed by atoms with Crippen LogP contribution in [-0.2, 0) is 19.2 Å². The van der Waals surface area contributed by atoms with Gasteiger partial charge in [-0.2, -0.15) is 5.48 Å². The largest absolute Gasteiger partial charge is 0.468 e. The van der Waals surface area contributed by atoms with Crippen LogP contribution in [0.1, 0.15) is 26.2 Å². The van der Waals surface area contributed by atoms with Gasteiger partial charge in [0.2, 0.25) is 5.91 Å². The smallest absolute Gasteiger partial charge is 0.325 e. The van der Waals surface area contributed by atoms with Gasteiger partial charge in [0.15, 0.2) is 0 Å². The molecule has 88 valence electrons. The number of primary amides is 1. The lowest BCUT2D eigenvalue weighted by Gasteiger charge is -2.14. The normalized spacial score (nSPS) is 12.1. The lowest BCUT2D eigenvalue weighted by molar-refractivity contribution is -0.149. The maximum absolute atomic E-state index is 11.2. The summed E-state index contributed by atoms with van der Waals surface area (Å²) in [7, 11) is 1.30. The van der Waals surface area contributed by atoms with E-state index in [2.05, 4.69) is 10.2 Å². The van der Waals surface area contributed by atoms with Crippen molar-refractivity contribution in [3.8, 4) is 0 Å². The van der Waals surface area contributed by atoms with Crippen LogP contribution in [-0.4, -0.2) is 31.6 Å². The highest BCUT2D eigenvalue weighted by molar-refractivity contribution is 5.76. The average molecular weight is 218 g/mol. The fourth-order valence-electron chi connectivity index (χ4n) is 0.989. The highest BCUT2D eigenvalue weighted by atomic mass is 16.7. The Kier molecular flexibility index (Phi) is 7.57. The van der Waals surface area contributed by atoms with Crippen LogP contribution in [0, 0.1) is 0 Å². The van der Waals surface area contributed by atoms with Gasteiger partial charge in [0.1, 0.15) is 12.6 Å². The number of hydrogen-bond donors (Lipinski definition) is 2. The maximum atomic E-state index is 11.2. The molecule has 0 aliphatic carbocycles. The van der Waals surface area contributed by atoms with Crippen molar-refractivity contribution in [3.05, 3.63) is 0 Å². The Morgan fingerprint density at radius 3 is 2.60 bits per heavy atom. The molecular formula is C9H18N2O4. The number of unbranched alkanes of at least 4 members (excludes halogenated alkanes) is 1. The van der Waals surface area contributed by atoms with Crippen LogP contribution < -0.4 is 11.2 Å². The van der Waals surface area contributed by atoms with E-state index in [4.69, 9.17) is 10.6 Å². The second-order valence-corrected chi connectivity index (χ2v) is 3.09. The van der Waals surface area contributed by atoms with E-state index >= 15 is 0 Å². The van der Waals surface area contributed by atoms with Crippen LogP contribution in [0.4, 0.5) is 0 Å². The molecule has 0 rings (SSSR count). The van der Waals surface area contributed by atoms with Crippen molar-refractivity contribution >= 4 is 11.9 Å². The minimum atomic E-state index is -0.596. The molecule has 0 spiro atoms. The Hall–Kier alpha value is -1.14. The van der Waals surface area contributed by atoms with E-state index in [9.17, 15) is 9.59 Å². The molecule has 0 aromatic heterocycles. The Labute approximate surface area is 89.1 Å². The number of nitrogens with one attached hydrogen (secondary N) is 1. The van der Waals surface area contributed by atoms with E-state index < -0.39 is 17.9 Å². The van der Waals surface area contributed by atoms with Crippen molar-refractivity contribution in [1.82, 2.24) is 5.48 Å². The molecule has 0 aliphatic heterocycles. The molecule has 0 saturated heterocycles. The maximum Gasteiger partial charge on any atom is 0.325 e. The van der Waals surface area contributed by atoms with Crippen molar-refractivity contribution < 1.29 is 19.2 Å². The standard InChI is InChI=1S/C9H18N2O4/c1-3-4-5-7(9(13)14-2)11-15-6-8(10)12/h7,11H,3-6H2,1-2H3,(H2,10,12). The Morgan fingerprint density at radius 1 is 1.47 bits per heavy atom. The third-order valence-electron chi connectivity index (χ3n) is 1.77. The van der Waals surface area contributed by atoms with Crippen LogP contribution in [0.3, 0.4) is 0 Å². The molecule has 1 unspecified atom stereocenters. The molecule has 1 atom stereocenters. The van der Waals surface area contributed by atoms with E-state index in [1.165, 1.54) is 7.11 Å². The third kappa shape index (κ3) is 6.87. The second kappa shape index (κ2) is 8.19. The van der Waals surface area contributed by atoms with Crippen LogP contribution in [0.5, 0.6) is 0 Å². The highest BCUT2D eigenvalue weighted by Crippen LogP contribution is 2.02. The zero-order valence-corrected chi connectivity index (χ0v) is 9.12. The van der Waals surface area contributed by atoms with Gasteiger partial charge in [0, 0.05) is 0 Å². The van der Waals surface area contributed by atoms with Gasteiger partial charge < -0.3 is 10.5 Å². The lowest BCUT2D eigenvalue weighted by Crippen LogP contribution is -2.39. The van der Waals surface area contributed by atoms with Crippen molar-refractivity contribution in [2.45, 2.75) is 32.2 Å². The fraction of sp³-hybridized carbons (Fsp3) is 0.778. The molecule has 0 saturated carbocycles. The first-order valence-corrected chi connectivity index (χ1v) is 4.85. The van der Waals surface area contributed by atoms with Gasteiger partial charge in [-0.05, 0) is 6.42 Å². The van der Waals surface area contributed by atoms with E-state index in [1.807, 2.05) is 6.92 Å². The van der Waals surface area contributed by atoms with Crippen molar-refractivity contribution in [3.63, 3.8) is 0 Å². The molecule has 1 amide bonds. The first kappa shape index (κ1) is 13.9. The summed E-state index contributed by atoms with van der Waals surface area (Å²) in [5.74, 6) is -1.01. The number of carbonyl (C=O) groups is 2. The van der Waals surface area contributed by atoms with Gasteiger partial charge in [0.05, 0.1) is 7.11 Å². The van der Waals surface area contributed by atoms with Crippen LogP contribution in [0.15, 0.2) is 0 Å². The number of ether oxygens (including phenoxy) is 1. The molecule has 0 fully saturated rings. The van der Waals surface area contributed by atoms with Gasteiger partial charge in [-0.3, -0.25) is 14.4 Å². The fourth-order valence-corrected chi connectivity index (χ4v) is 0.989. The topological polar surface area (TPSA) is 90.6 Å². The van der Waals surface area contributed by atoms with E-state index in [0.29, 0.717) is 6.42 Å². The van der Waals surface area contributed by atoms with E-state index in [0.717, 1.165) is 12.8 Å². The summed E-state index contributed by atoms with van der Waals surface area (Å²) in [6, 6.07) is -0.547. The van der Waals surface area contributed by atoms with Crippen molar-refractivity contribution in [2.24, 2.45) is 5.73 Å². The summed E-state index contributed by atoms with van der Waals surface area (Å²) in [4.78, 5) is 26.3. The van der Waals surface area contributed by atoms with Gasteiger partial charge in [-0.1, -0.05) is 19.8 Å². The van der Waals surface area contributed by atoms with E-state index in [-0.39, 0.29) is 6.61 Å². The molecule has 6 nitrogen and oxygen atoms in total. The minimum Gasteiger partial charge on any atom is -0.468 e. The molecule has 0 heterocycles. The number of hydroxylamine groups is 1. The molecule has 15 heavy (non-hydrogen) atoms. The summed E-state index contributed by atoms with van der Waals surface area (Å²) < 4.78 is 4.57. The lowest BCUT2D eigenvalue weighted by atomic mass is 10.1. The zero-order chi connectivity index (χ0) is 11.7. The van der Waals surface area contributed by atoms with E-state index in [1.54, 1.807) is 0 Å². The van der Waals surface area contributed by atoms with Gasteiger partial charge >= 0.3 is 5.97 Å². The predicted molar refractivity (Wildman–Crippen MR) is 53.6 cm³/mol. The molecule has 0 bridgehead atoms. The number of carbonyl (C=O) groups excluding carboxylic acids is 2. The Morgan fingerprint density at radius 2 is 2.13 bits per heavy atom. The number of nitrogens with two attached hydrogens (primary N) is 1. The van der Waals surface area contributed by atoms with Gasteiger partial charge in [0.25, 0.3) is 0 Å². The molecule has 3 N–H and O–H groups in total. The summed E-state index contributed by atoms with van der Waals surface area (Å²) in [5.41, 5.74) is 7.33. The van der Waals surface area contributed by atoms with Crippen molar-refractivity contribution in [1.29, 1.82) is 0 Å². The zero-order valence-electron chi connectivity index (χ0n) is 9.12. The molecular weight excluding hydrogens is 200 g/mol. The van der Waals surface area contributed by atoms with Crippen molar-refractivity contribution in [2.75, 3.05) is 13.7 Å². The Bertz CT molecular complexity index is 208. The van der Waals surface area contributed by atoms with Crippen LogP contribution in [0.2, 0.25) is 0 Å². The molecule has 6 heteroatoms. The van der Waals surface area contributed by atoms with Gasteiger partial charge in [-0.25, -0.2) is 0 Å². The summed E-state index contributed by atoms with van der Waals surface area (Å²) >= 11 is 0. The highest BCUT2D eigenvalue weighted by Gasteiger charge is 2.18. The molecule has 0 radical (unpaired) electrons. The minimum absolute atomic E-state index is 0.264. The first-order chi connectivity index (χ1) is 7.11. The average Bonchev–Trinajstić information content (AvgIpc) is 2.21. The number of hydrogen-bond acceptors (Lipinski definition) is 5. The number of methoxy groups -OCH3 is 1. The molecule has 0 aliphatic rings. The van der Waals surface area contributed by atoms with Crippen LogP contribution >= 0.6 is 0 Å². The summed E-state index contributed by atoms with van der Waals surface area (Å²) in [5, 5.41) is 0. The quantitative estimate of drug-likeness (QED) is 0.432. The number of amides is 1. The SMILES string of the molecule is CCCCC(NOCC(N)=O)C(=O)OC. The first-order valence-electron chi connectivity index (χ1n) is 4.85. The second-order valence-electron chi connectivity index (χ2n) is 3.09. The summed E-state index contributed by atoms with van der Waals surface area (Å²) in [6.45, 7) is 1.75. The monoisotopic (exact) mass is 218 g/mol. The number of rotatable bonds is 8. The predicted octanol–water partition coefficient (Wildman–Crippen LogP) is -0.275. The molecule has 0 aromatic carbocycles. The third-order valence-corrected chi connectivity index (χ3v) is 1.77. The molecule has 0 aromatic rings. The van der Waals surface area contributed by atoms with Crippen LogP contribution in [0.25, 0.3) is 0 Å². The number of esters is 1. The van der Waals surface area contributed by atoms with Gasteiger partial charge in [-0.15, -0.1) is 0 Å². The summed E-state index contributed by atoms with van der Waals surface area (Å²) in [6.07, 6.45) is 2.43. The Balaban J connectivity index is 3.89.